The van der Waals surface area contributed by atoms with Crippen molar-refractivity contribution in [2.45, 2.75) is 31.2 Å². The van der Waals surface area contributed by atoms with Crippen LogP contribution in [0.15, 0.2) is 42.5 Å². The summed E-state index contributed by atoms with van der Waals surface area (Å²) in [6.45, 7) is 1.86. The highest BCUT2D eigenvalue weighted by Gasteiger charge is 2.44. The second-order valence-electron chi connectivity index (χ2n) is 6.56. The summed E-state index contributed by atoms with van der Waals surface area (Å²) in [6, 6.07) is 15.3. The molecule has 1 saturated carbocycles. The fourth-order valence-electron chi connectivity index (χ4n) is 3.69. The van der Waals surface area contributed by atoms with E-state index in [4.69, 9.17) is 0 Å². The molecule has 1 saturated heterocycles. The molecule has 2 aliphatic rings. The summed E-state index contributed by atoms with van der Waals surface area (Å²) >= 11 is 0. The van der Waals surface area contributed by atoms with Gasteiger partial charge in [0.1, 0.15) is 0 Å². The zero-order chi connectivity index (χ0) is 14.9. The average Bonchev–Trinajstić information content (AvgIpc) is 3.18. The molecule has 3 atom stereocenters. The van der Waals surface area contributed by atoms with Gasteiger partial charge >= 0.3 is 0 Å². The van der Waals surface area contributed by atoms with Crippen molar-refractivity contribution < 1.29 is 4.79 Å². The van der Waals surface area contributed by atoms with Crippen LogP contribution in [0.1, 0.15) is 30.7 Å². The average molecular weight is 294 g/mol. The number of rotatable bonds is 4. The van der Waals surface area contributed by atoms with Crippen molar-refractivity contribution in [3.8, 4) is 0 Å². The molecule has 3 heteroatoms. The van der Waals surface area contributed by atoms with Crippen molar-refractivity contribution in [2.24, 2.45) is 5.92 Å². The maximum absolute atomic E-state index is 12.3. The molecule has 1 aliphatic heterocycles. The third-order valence-corrected chi connectivity index (χ3v) is 5.04. The van der Waals surface area contributed by atoms with E-state index in [0.717, 1.165) is 19.5 Å². The van der Waals surface area contributed by atoms with Gasteiger partial charge in [-0.25, -0.2) is 0 Å². The fourth-order valence-corrected chi connectivity index (χ4v) is 3.69. The Balaban J connectivity index is 1.43. The van der Waals surface area contributed by atoms with E-state index < -0.39 is 0 Å². The number of nitrogens with one attached hydrogen (secondary N) is 2. The largest absolute Gasteiger partial charge is 0.354 e. The number of amides is 1. The molecule has 3 unspecified atom stereocenters. The highest BCUT2D eigenvalue weighted by molar-refractivity contribution is 5.89. The van der Waals surface area contributed by atoms with Crippen LogP contribution >= 0.6 is 0 Å². The lowest BCUT2D eigenvalue weighted by molar-refractivity contribution is -0.122. The first-order chi connectivity index (χ1) is 10.8. The Morgan fingerprint density at radius 2 is 2.05 bits per heavy atom. The summed E-state index contributed by atoms with van der Waals surface area (Å²) in [4.78, 5) is 12.3. The van der Waals surface area contributed by atoms with Crippen molar-refractivity contribution in [3.05, 3.63) is 48.0 Å². The van der Waals surface area contributed by atoms with E-state index in [1.807, 2.05) is 0 Å². The van der Waals surface area contributed by atoms with E-state index in [0.29, 0.717) is 12.0 Å². The van der Waals surface area contributed by atoms with Crippen molar-refractivity contribution >= 4 is 16.7 Å². The molecule has 1 amide bonds. The summed E-state index contributed by atoms with van der Waals surface area (Å²) in [5.74, 6) is 0.779. The number of hydrogen-bond acceptors (Lipinski definition) is 2. The monoisotopic (exact) mass is 294 g/mol. The van der Waals surface area contributed by atoms with Crippen molar-refractivity contribution in [2.75, 3.05) is 13.1 Å². The quantitative estimate of drug-likeness (QED) is 0.910. The van der Waals surface area contributed by atoms with Gasteiger partial charge in [0.05, 0.1) is 0 Å². The first-order valence-corrected chi connectivity index (χ1v) is 8.31. The van der Waals surface area contributed by atoms with E-state index in [2.05, 4.69) is 53.1 Å². The van der Waals surface area contributed by atoms with E-state index >= 15 is 0 Å². The lowest BCUT2D eigenvalue weighted by atomic mass is 10.00. The molecule has 0 radical (unpaired) electrons. The van der Waals surface area contributed by atoms with Gasteiger partial charge in [0.25, 0.3) is 0 Å². The molecule has 0 aromatic heterocycles. The Bertz CT molecular complexity index is 685. The number of carbonyl (C=O) groups is 1. The summed E-state index contributed by atoms with van der Waals surface area (Å²) in [5.41, 5.74) is 1.33. The number of carbonyl (C=O) groups excluding carboxylic acids is 1. The van der Waals surface area contributed by atoms with Crippen LogP contribution in [0.4, 0.5) is 0 Å². The molecule has 0 bridgehead atoms. The van der Waals surface area contributed by atoms with Crippen LogP contribution in [-0.2, 0) is 4.79 Å². The Kier molecular flexibility index (Phi) is 3.59. The van der Waals surface area contributed by atoms with Gasteiger partial charge in [-0.3, -0.25) is 4.79 Å². The molecule has 2 N–H and O–H groups in total. The molecule has 2 fully saturated rings. The minimum atomic E-state index is 0.159. The third-order valence-electron chi connectivity index (χ3n) is 5.04. The zero-order valence-electron chi connectivity index (χ0n) is 12.7. The molecular weight excluding hydrogens is 272 g/mol. The van der Waals surface area contributed by atoms with Gasteiger partial charge in [-0.05, 0) is 48.1 Å². The predicted molar refractivity (Wildman–Crippen MR) is 88.8 cm³/mol. The molecule has 4 rings (SSSR count). The Hall–Kier alpha value is -1.87. The molecule has 1 aliphatic carbocycles. The van der Waals surface area contributed by atoms with E-state index in [1.54, 1.807) is 0 Å². The van der Waals surface area contributed by atoms with Gasteiger partial charge in [-0.2, -0.15) is 0 Å². The molecule has 0 spiro atoms. The predicted octanol–water partition coefficient (Wildman–Crippen LogP) is 2.81. The Morgan fingerprint density at radius 3 is 2.91 bits per heavy atom. The van der Waals surface area contributed by atoms with E-state index in [-0.39, 0.29) is 11.8 Å². The maximum atomic E-state index is 12.3. The van der Waals surface area contributed by atoms with Crippen LogP contribution in [0.5, 0.6) is 0 Å². The topological polar surface area (TPSA) is 41.1 Å². The van der Waals surface area contributed by atoms with Gasteiger partial charge in [-0.15, -0.1) is 0 Å². The second-order valence-corrected chi connectivity index (χ2v) is 6.56. The van der Waals surface area contributed by atoms with Crippen molar-refractivity contribution in [1.82, 2.24) is 10.6 Å². The summed E-state index contributed by atoms with van der Waals surface area (Å²) in [5, 5.41) is 9.12. The van der Waals surface area contributed by atoms with Gasteiger partial charge in [0.15, 0.2) is 0 Å². The number of hydrogen-bond donors (Lipinski definition) is 2. The summed E-state index contributed by atoms with van der Waals surface area (Å²) < 4.78 is 0. The molecule has 2 aromatic rings. The third kappa shape index (κ3) is 2.61. The van der Waals surface area contributed by atoms with Crippen LogP contribution in [0.3, 0.4) is 0 Å². The van der Waals surface area contributed by atoms with Gasteiger partial charge in [0, 0.05) is 18.5 Å². The summed E-state index contributed by atoms with van der Waals surface area (Å²) in [6.07, 6.45) is 3.39. The first kappa shape index (κ1) is 13.8. The molecular formula is C19H22N2O. The van der Waals surface area contributed by atoms with Crippen LogP contribution in [-0.4, -0.2) is 25.0 Å². The first-order valence-electron chi connectivity index (χ1n) is 8.31. The normalized spacial score (nSPS) is 27.0. The van der Waals surface area contributed by atoms with Gasteiger partial charge in [0.2, 0.25) is 5.91 Å². The molecule has 2 aromatic carbocycles. The van der Waals surface area contributed by atoms with Crippen LogP contribution in [0.25, 0.3) is 10.8 Å². The minimum Gasteiger partial charge on any atom is -0.354 e. The molecule has 1 heterocycles. The van der Waals surface area contributed by atoms with Gasteiger partial charge < -0.3 is 10.6 Å². The standard InChI is InChI=1S/C19H22N2O/c22-19(21-12-14-7-4-10-20-14)18-11-17(18)16-9-3-6-13-5-1-2-8-15(13)16/h1-3,5-6,8-9,14,17-18,20H,4,7,10-12H2,(H,21,22). The Labute approximate surface area is 131 Å². The number of fused-ring (bicyclic) bond motifs is 1. The van der Waals surface area contributed by atoms with Crippen LogP contribution < -0.4 is 10.6 Å². The van der Waals surface area contributed by atoms with E-state index in [1.165, 1.54) is 29.2 Å². The zero-order valence-corrected chi connectivity index (χ0v) is 12.7. The second kappa shape index (κ2) is 5.73. The highest BCUT2D eigenvalue weighted by Crippen LogP contribution is 2.49. The molecule has 114 valence electrons. The smallest absolute Gasteiger partial charge is 0.223 e. The molecule has 3 nitrogen and oxygen atoms in total. The lowest BCUT2D eigenvalue weighted by Gasteiger charge is -2.11. The Morgan fingerprint density at radius 1 is 1.18 bits per heavy atom. The SMILES string of the molecule is O=C(NCC1CCCN1)C1CC1c1cccc2ccccc12. The van der Waals surface area contributed by atoms with Gasteiger partial charge in [-0.1, -0.05) is 42.5 Å². The summed E-state index contributed by atoms with van der Waals surface area (Å²) in [7, 11) is 0. The van der Waals surface area contributed by atoms with Crippen LogP contribution in [0, 0.1) is 5.92 Å². The fraction of sp³-hybridized carbons (Fsp3) is 0.421. The highest BCUT2D eigenvalue weighted by atomic mass is 16.2. The van der Waals surface area contributed by atoms with Crippen molar-refractivity contribution in [1.29, 1.82) is 0 Å². The van der Waals surface area contributed by atoms with Crippen LogP contribution in [0.2, 0.25) is 0 Å². The number of benzene rings is 2. The van der Waals surface area contributed by atoms with E-state index in [9.17, 15) is 4.79 Å². The van der Waals surface area contributed by atoms with Crippen molar-refractivity contribution in [3.63, 3.8) is 0 Å². The molecule has 22 heavy (non-hydrogen) atoms. The lowest BCUT2D eigenvalue weighted by Crippen LogP contribution is -2.38. The maximum Gasteiger partial charge on any atom is 0.223 e. The minimum absolute atomic E-state index is 0.159.